The Labute approximate surface area is 698 Å². The van der Waals surface area contributed by atoms with Crippen LogP contribution in [0.3, 0.4) is 0 Å². The van der Waals surface area contributed by atoms with Gasteiger partial charge in [-0.25, -0.2) is 29.3 Å². The van der Waals surface area contributed by atoms with Gasteiger partial charge in [-0.05, 0) is 179 Å². The summed E-state index contributed by atoms with van der Waals surface area (Å²) in [6.45, 7) is 0. The van der Waals surface area contributed by atoms with E-state index in [4.69, 9.17) is 20.2 Å². The van der Waals surface area contributed by atoms with Crippen LogP contribution in [0.4, 0.5) is 5.69 Å². The highest BCUT2D eigenvalue weighted by Gasteiger charge is 2.23. The van der Waals surface area contributed by atoms with Crippen LogP contribution in [0.5, 0.6) is 0 Å². The van der Waals surface area contributed by atoms with Gasteiger partial charge in [-0.3, -0.25) is 9.13 Å². The van der Waals surface area contributed by atoms with E-state index in [2.05, 4.69) is 395 Å². The van der Waals surface area contributed by atoms with Crippen molar-refractivity contribution >= 4 is 174 Å². The second-order valence-electron chi connectivity index (χ2n) is 31.1. The molecular formula is C109H71N13. The van der Waals surface area contributed by atoms with E-state index in [-0.39, 0.29) is 0 Å². The van der Waals surface area contributed by atoms with Gasteiger partial charge in [0.15, 0.2) is 5.82 Å². The zero-order valence-electron chi connectivity index (χ0n) is 65.8. The standard InChI is InChI=1S/2C36H22N4.C22H16N2.C15H11N3/c1-5-13-29-25(9-1)27-11-3-7-15-31(27)35-33(29)37-21-39(35)23-17-19-24(20-18-23)40-22-38-34-30-14-6-2-10-26(30)28-12-4-8-16-32(28)36(34)40;1-3-13-29-25(9-1)27-11-5-7-15-31(27)35-33(29)21-37-39(35)23-17-19-24(20-18-23)40-36-32-16-8-6-12-28(32)26-10-2-4-14-30(26)34(36)22-38-40;1-3-10-21-17(6-1)12-14-23(21)19-8-5-9-20(16-19)24-15-13-18-7-2-4-11-22(18)24;1-2-6-11-10(5-1)9-14(16-11)15-17-12-7-3-4-8-13(12)18-15/h2*1-22H;1-16H;1-8H,9H2,(H,17,18). The van der Waals surface area contributed by atoms with Gasteiger partial charge in [-0.2, -0.15) is 10.2 Å². The Bertz CT molecular complexity index is 7890. The lowest BCUT2D eigenvalue weighted by Gasteiger charge is -2.12. The molecule has 0 amide bonds. The van der Waals surface area contributed by atoms with Gasteiger partial charge in [-0.1, -0.05) is 267 Å². The molecule has 1 N–H and O–H groups in total. The van der Waals surface area contributed by atoms with Crippen LogP contribution in [0.15, 0.2) is 419 Å². The van der Waals surface area contributed by atoms with E-state index in [1.54, 1.807) is 0 Å². The number of nitrogens with one attached hydrogen (secondary N) is 1. The van der Waals surface area contributed by atoms with Crippen LogP contribution in [0, 0.1) is 0 Å². The number of para-hydroxylation sites is 5. The number of aromatic amines is 1. The normalized spacial score (nSPS) is 12.1. The third-order valence-electron chi connectivity index (χ3n) is 24.4. The Balaban J connectivity index is 0.0000000962. The van der Waals surface area contributed by atoms with Gasteiger partial charge in [0.05, 0.1) is 90.3 Å². The molecule has 122 heavy (non-hydrogen) atoms. The summed E-state index contributed by atoms with van der Waals surface area (Å²) in [6, 6.07) is 132. The number of aromatic nitrogens is 12. The van der Waals surface area contributed by atoms with Crippen LogP contribution in [0.1, 0.15) is 11.4 Å². The molecule has 19 aromatic carbocycles. The maximum atomic E-state index is 4.90. The zero-order valence-corrected chi connectivity index (χ0v) is 65.8. The van der Waals surface area contributed by atoms with Gasteiger partial charge in [0.25, 0.3) is 0 Å². The van der Waals surface area contributed by atoms with Gasteiger partial charge in [0.1, 0.15) is 12.7 Å². The predicted octanol–water partition coefficient (Wildman–Crippen LogP) is 26.8. The number of aliphatic imine (C=N–C) groups is 1. The molecule has 0 saturated heterocycles. The molecule has 26 aromatic rings. The number of rotatable bonds is 7. The van der Waals surface area contributed by atoms with E-state index >= 15 is 0 Å². The molecule has 0 aliphatic carbocycles. The molecule has 1 aliphatic heterocycles. The number of hydrogen-bond donors (Lipinski definition) is 1. The smallest absolute Gasteiger partial charge is 0.153 e. The highest BCUT2D eigenvalue weighted by molar-refractivity contribution is 6.28. The molecule has 572 valence electrons. The minimum absolute atomic E-state index is 0.857. The van der Waals surface area contributed by atoms with E-state index in [9.17, 15) is 0 Å². The summed E-state index contributed by atoms with van der Waals surface area (Å²) in [6.07, 6.45) is 13.0. The van der Waals surface area contributed by atoms with E-state index in [0.29, 0.717) is 0 Å². The average molecular weight is 1560 g/mol. The number of nitrogens with zero attached hydrogens (tertiary/aromatic N) is 12. The molecule has 0 fully saturated rings. The van der Waals surface area contributed by atoms with Crippen molar-refractivity contribution < 1.29 is 0 Å². The van der Waals surface area contributed by atoms with Crippen molar-refractivity contribution in [2.45, 2.75) is 6.42 Å². The van der Waals surface area contributed by atoms with Gasteiger partial charge in [-0.15, -0.1) is 0 Å². The molecule has 27 rings (SSSR count). The molecule has 0 saturated carbocycles. The number of hydrogen-bond acceptors (Lipinski definition) is 6. The van der Waals surface area contributed by atoms with Gasteiger partial charge in [0, 0.05) is 84.7 Å². The molecule has 0 atom stereocenters. The first-order valence-electron chi connectivity index (χ1n) is 41.2. The van der Waals surface area contributed by atoms with Crippen molar-refractivity contribution in [3.8, 4) is 34.1 Å². The molecule has 0 bridgehead atoms. The Hall–Kier alpha value is -16.6. The fourth-order valence-corrected chi connectivity index (χ4v) is 18.7. The van der Waals surface area contributed by atoms with Crippen molar-refractivity contribution in [2.75, 3.05) is 0 Å². The van der Waals surface area contributed by atoms with E-state index < -0.39 is 0 Å². The SMILES string of the molecule is c1cc(-n2ccc3ccccc32)cc(-n2ccc3ccccc32)c1.c1ccc2c(c1)CC(c1nc3ccccc3[nH]1)=N2.c1ccc2c(c1)c1ccccc1c1c2cnn1-c1ccc(-n2ncc3c4ccccc4c4ccccc4c32)cc1.c1ccc2c(c1)c1ccccc1c1c2ncn1-c1ccc(-n2cnc3c4ccccc4c4ccccc4c32)cc1. The van der Waals surface area contributed by atoms with Crippen molar-refractivity contribution in [1.29, 1.82) is 0 Å². The second-order valence-corrected chi connectivity index (χ2v) is 31.1. The molecule has 0 radical (unpaired) electrons. The van der Waals surface area contributed by atoms with Crippen LogP contribution in [0.25, 0.3) is 197 Å². The van der Waals surface area contributed by atoms with E-state index in [1.165, 1.54) is 125 Å². The van der Waals surface area contributed by atoms with Crippen LogP contribution in [0.2, 0.25) is 0 Å². The lowest BCUT2D eigenvalue weighted by Crippen LogP contribution is -2.02. The quantitative estimate of drug-likeness (QED) is 0.159. The van der Waals surface area contributed by atoms with E-state index in [0.717, 1.165) is 101 Å². The Morgan fingerprint density at radius 3 is 1.06 bits per heavy atom. The first kappa shape index (κ1) is 69.6. The summed E-state index contributed by atoms with van der Waals surface area (Å²) in [5.41, 5.74) is 21.0. The average Bonchev–Trinajstić information content (AvgIpc) is 1.51. The molecule has 13 nitrogen and oxygen atoms in total. The van der Waals surface area contributed by atoms with Crippen molar-refractivity contribution in [3.63, 3.8) is 0 Å². The Morgan fingerprint density at radius 2 is 0.615 bits per heavy atom. The minimum Gasteiger partial charge on any atom is -0.337 e. The monoisotopic (exact) mass is 1560 g/mol. The number of imidazole rings is 3. The largest absolute Gasteiger partial charge is 0.337 e. The van der Waals surface area contributed by atoms with Crippen molar-refractivity contribution in [1.82, 2.24) is 57.8 Å². The van der Waals surface area contributed by atoms with Crippen LogP contribution >= 0.6 is 0 Å². The molecule has 0 spiro atoms. The fourth-order valence-electron chi connectivity index (χ4n) is 18.7. The summed E-state index contributed by atoms with van der Waals surface area (Å²) in [5.74, 6) is 0.882. The van der Waals surface area contributed by atoms with Gasteiger partial charge < -0.3 is 14.1 Å². The molecule has 7 aromatic heterocycles. The fraction of sp³-hybridized carbons (Fsp3) is 0.00917. The van der Waals surface area contributed by atoms with Crippen molar-refractivity contribution in [2.24, 2.45) is 4.99 Å². The Kier molecular flexibility index (Phi) is 16.3. The summed E-state index contributed by atoms with van der Waals surface area (Å²) in [5, 5.41) is 34.2. The lowest BCUT2D eigenvalue weighted by atomic mass is 9.98. The minimum atomic E-state index is 0.857. The third-order valence-corrected chi connectivity index (χ3v) is 24.4. The molecule has 1 aliphatic rings. The highest BCUT2D eigenvalue weighted by atomic mass is 15.3. The first-order valence-corrected chi connectivity index (χ1v) is 41.2. The van der Waals surface area contributed by atoms with Gasteiger partial charge >= 0.3 is 0 Å². The first-order chi connectivity index (χ1) is 60.5. The number of fused-ring (bicyclic) bond motifs is 28. The zero-order chi connectivity index (χ0) is 80.3. The molecular weight excluding hydrogens is 1490 g/mol. The summed E-state index contributed by atoms with van der Waals surface area (Å²) < 4.78 is 13.0. The second kappa shape index (κ2) is 28.6. The highest BCUT2D eigenvalue weighted by Crippen LogP contribution is 2.42. The molecule has 8 heterocycles. The molecule has 0 unspecified atom stereocenters. The predicted molar refractivity (Wildman–Crippen MR) is 504 cm³/mol. The van der Waals surface area contributed by atoms with Crippen LogP contribution in [-0.4, -0.2) is 63.5 Å². The molecule has 13 heteroatoms. The van der Waals surface area contributed by atoms with Gasteiger partial charge in [0.2, 0.25) is 0 Å². The van der Waals surface area contributed by atoms with E-state index in [1.807, 2.05) is 61.4 Å². The summed E-state index contributed by atoms with van der Waals surface area (Å²) in [7, 11) is 0. The van der Waals surface area contributed by atoms with Crippen molar-refractivity contribution in [3.05, 3.63) is 425 Å². The lowest BCUT2D eigenvalue weighted by molar-refractivity contribution is 0.896. The Morgan fingerprint density at radius 1 is 0.262 bits per heavy atom. The maximum Gasteiger partial charge on any atom is 0.153 e. The number of H-pyrrole nitrogens is 1. The van der Waals surface area contributed by atoms with Crippen LogP contribution < -0.4 is 0 Å². The topological polar surface area (TPSA) is 122 Å². The summed E-state index contributed by atoms with van der Waals surface area (Å²) in [4.78, 5) is 22.4. The number of benzene rings is 19. The maximum absolute atomic E-state index is 4.90. The van der Waals surface area contributed by atoms with Crippen LogP contribution in [-0.2, 0) is 6.42 Å². The third kappa shape index (κ3) is 11.5. The summed E-state index contributed by atoms with van der Waals surface area (Å²) >= 11 is 0.